The molecular formula is C29H32O11. The highest BCUT2D eigenvalue weighted by Crippen LogP contribution is 2.46. The summed E-state index contributed by atoms with van der Waals surface area (Å²) in [5.41, 5.74) is -1.62. The number of ether oxygens (including phenoxy) is 2. The number of carbonyl (C=O) groups excluding carboxylic acids is 1. The van der Waals surface area contributed by atoms with Crippen molar-refractivity contribution >= 4 is 22.5 Å². The predicted octanol–water partition coefficient (Wildman–Crippen LogP) is 2.03. The monoisotopic (exact) mass is 556 g/mol. The van der Waals surface area contributed by atoms with Crippen LogP contribution in [0.2, 0.25) is 0 Å². The molecule has 11 nitrogen and oxygen atoms in total. The molecule has 0 aromatic heterocycles. The number of aromatic hydroxyl groups is 2. The number of aryl methyl sites for hydroxylation is 1. The molecule has 0 aliphatic carbocycles. The summed E-state index contributed by atoms with van der Waals surface area (Å²) in [5, 5.41) is 73.4. The van der Waals surface area contributed by atoms with Gasteiger partial charge in [-0.05, 0) is 37.5 Å². The number of aliphatic hydroxyl groups excluding tert-OH is 3. The molecule has 0 spiro atoms. The lowest BCUT2D eigenvalue weighted by atomic mass is 9.82. The van der Waals surface area contributed by atoms with Gasteiger partial charge in [-0.3, -0.25) is 4.79 Å². The number of benzene rings is 3. The van der Waals surface area contributed by atoms with Crippen LogP contribution in [0.4, 0.5) is 0 Å². The number of phenols is 2. The normalized spacial score (nSPS) is 24.6. The van der Waals surface area contributed by atoms with Gasteiger partial charge in [0.1, 0.15) is 41.2 Å². The van der Waals surface area contributed by atoms with E-state index >= 15 is 0 Å². The Labute approximate surface area is 229 Å². The maximum atomic E-state index is 13.3. The van der Waals surface area contributed by atoms with E-state index in [9.17, 15) is 45.3 Å². The smallest absolute Gasteiger partial charge is 0.335 e. The molecule has 1 saturated heterocycles. The first-order chi connectivity index (χ1) is 18.9. The van der Waals surface area contributed by atoms with E-state index in [4.69, 9.17) is 9.47 Å². The lowest BCUT2D eigenvalue weighted by molar-refractivity contribution is -0.313. The van der Waals surface area contributed by atoms with Gasteiger partial charge in [0.2, 0.25) is 6.29 Å². The summed E-state index contributed by atoms with van der Waals surface area (Å²) in [6, 6.07) is 11.3. The number of carboxylic acid groups (broad SMARTS) is 1. The molecule has 5 atom stereocenters. The minimum Gasteiger partial charge on any atom is -0.507 e. The van der Waals surface area contributed by atoms with Gasteiger partial charge >= 0.3 is 5.97 Å². The fourth-order valence-electron chi connectivity index (χ4n) is 5.11. The zero-order valence-electron chi connectivity index (χ0n) is 21.9. The second kappa shape index (κ2) is 11.4. The van der Waals surface area contributed by atoms with Gasteiger partial charge in [-0.1, -0.05) is 37.3 Å². The van der Waals surface area contributed by atoms with Crippen molar-refractivity contribution in [2.75, 3.05) is 6.61 Å². The molecule has 40 heavy (non-hydrogen) atoms. The zero-order chi connectivity index (χ0) is 29.4. The molecule has 1 heterocycles. The van der Waals surface area contributed by atoms with Crippen molar-refractivity contribution in [3.05, 3.63) is 64.7 Å². The molecule has 4 rings (SSSR count). The Hall–Kier alpha value is -3.74. The largest absolute Gasteiger partial charge is 0.507 e. The van der Waals surface area contributed by atoms with Crippen molar-refractivity contribution < 1.29 is 54.8 Å². The van der Waals surface area contributed by atoms with Crippen molar-refractivity contribution in [2.45, 2.75) is 63.3 Å². The molecule has 1 aliphatic rings. The van der Waals surface area contributed by atoms with E-state index < -0.39 is 60.1 Å². The van der Waals surface area contributed by atoms with E-state index in [1.54, 1.807) is 0 Å². The Balaban J connectivity index is 1.81. The van der Waals surface area contributed by atoms with E-state index in [1.807, 2.05) is 30.3 Å². The highest BCUT2D eigenvalue weighted by atomic mass is 16.7. The van der Waals surface area contributed by atoms with Gasteiger partial charge in [-0.2, -0.15) is 0 Å². The minimum atomic E-state index is -2.01. The number of hydrogen-bond acceptors (Lipinski definition) is 10. The molecule has 0 unspecified atom stereocenters. The number of hydrogen-bond donors (Lipinski definition) is 7. The number of aromatic carboxylic acids is 1. The van der Waals surface area contributed by atoms with E-state index in [2.05, 4.69) is 0 Å². The van der Waals surface area contributed by atoms with Crippen LogP contribution in [0.5, 0.6) is 17.2 Å². The van der Waals surface area contributed by atoms with E-state index in [-0.39, 0.29) is 46.1 Å². The first kappa shape index (κ1) is 29.2. The van der Waals surface area contributed by atoms with Crippen LogP contribution >= 0.6 is 0 Å². The number of phenolic OH excluding ortho intramolecular Hbond substituents is 2. The van der Waals surface area contributed by atoms with Crippen LogP contribution in [0.1, 0.15) is 51.6 Å². The van der Waals surface area contributed by atoms with Gasteiger partial charge < -0.3 is 45.2 Å². The minimum absolute atomic E-state index is 0.00279. The van der Waals surface area contributed by atoms with Crippen molar-refractivity contribution in [3.63, 3.8) is 0 Å². The van der Waals surface area contributed by atoms with Gasteiger partial charge in [0.05, 0.1) is 23.1 Å². The number of Topliss-reactive ketones (excluding diaryl/α,β-unsaturated/α-hetero) is 1. The molecule has 214 valence electrons. The quantitative estimate of drug-likeness (QED) is 0.151. The Morgan fingerprint density at radius 1 is 1.07 bits per heavy atom. The molecule has 0 saturated carbocycles. The third-order valence-electron chi connectivity index (χ3n) is 7.52. The molecular weight excluding hydrogens is 524 g/mol. The summed E-state index contributed by atoms with van der Waals surface area (Å²) in [6.07, 6.45) is -6.51. The molecule has 3 aromatic carbocycles. The topological polar surface area (TPSA) is 194 Å². The number of carbonyl (C=O) groups is 2. The van der Waals surface area contributed by atoms with Gasteiger partial charge in [0, 0.05) is 17.4 Å². The van der Waals surface area contributed by atoms with Gasteiger partial charge in [-0.25, -0.2) is 4.79 Å². The molecule has 0 bridgehead atoms. The van der Waals surface area contributed by atoms with Crippen molar-refractivity contribution in [3.8, 4) is 17.2 Å². The first-order valence-corrected chi connectivity index (χ1v) is 12.8. The summed E-state index contributed by atoms with van der Waals surface area (Å²) < 4.78 is 11.3. The second-order valence-corrected chi connectivity index (χ2v) is 9.88. The molecule has 11 heteroatoms. The maximum Gasteiger partial charge on any atom is 0.335 e. The first-order valence-electron chi connectivity index (χ1n) is 12.8. The maximum absolute atomic E-state index is 13.3. The number of fused-ring (bicyclic) bond motifs is 1. The van der Waals surface area contributed by atoms with Gasteiger partial charge in [-0.15, -0.1) is 0 Å². The number of ketones is 1. The summed E-state index contributed by atoms with van der Waals surface area (Å²) in [4.78, 5) is 25.1. The molecule has 3 aromatic rings. The molecule has 1 aliphatic heterocycles. The second-order valence-electron chi connectivity index (χ2n) is 9.88. The fourth-order valence-corrected chi connectivity index (χ4v) is 5.11. The van der Waals surface area contributed by atoms with Crippen LogP contribution in [0.25, 0.3) is 10.8 Å². The zero-order valence-corrected chi connectivity index (χ0v) is 21.9. The summed E-state index contributed by atoms with van der Waals surface area (Å²) in [7, 11) is 0. The molecule has 1 fully saturated rings. The molecule has 7 N–H and O–H groups in total. The summed E-state index contributed by atoms with van der Waals surface area (Å²) >= 11 is 0. The average Bonchev–Trinajstić information content (AvgIpc) is 2.95. The van der Waals surface area contributed by atoms with Crippen LogP contribution in [-0.2, 0) is 11.2 Å². The third kappa shape index (κ3) is 5.09. The van der Waals surface area contributed by atoms with Gasteiger partial charge in [0.15, 0.2) is 5.78 Å². The fraction of sp³-hybridized carbons (Fsp3) is 0.379. The van der Waals surface area contributed by atoms with E-state index in [1.165, 1.54) is 13.8 Å². The summed E-state index contributed by atoms with van der Waals surface area (Å²) in [6.45, 7) is 2.20. The number of aliphatic hydroxyl groups is 4. The Morgan fingerprint density at radius 3 is 2.35 bits per heavy atom. The SMILES string of the molecule is CC[C@@]1(O)[C@H](O)[C@@H](O)[C@H](Oc2cc(C(=O)O)cc3c(O)c(C)c(C(=O)CCc4ccccc4)c(O)c23)O[C@@H]1CO. The molecule has 0 radical (unpaired) electrons. The number of rotatable bonds is 9. The number of carboxylic acids is 1. The average molecular weight is 557 g/mol. The summed E-state index contributed by atoms with van der Waals surface area (Å²) in [5.74, 6) is -3.30. The van der Waals surface area contributed by atoms with E-state index in [0.717, 1.165) is 17.7 Å². The van der Waals surface area contributed by atoms with Crippen LogP contribution in [0, 0.1) is 6.92 Å². The third-order valence-corrected chi connectivity index (χ3v) is 7.52. The van der Waals surface area contributed by atoms with Crippen LogP contribution in [-0.4, -0.2) is 84.3 Å². The van der Waals surface area contributed by atoms with E-state index in [0.29, 0.717) is 6.42 Å². The van der Waals surface area contributed by atoms with Gasteiger partial charge in [0.25, 0.3) is 0 Å². The van der Waals surface area contributed by atoms with Crippen LogP contribution < -0.4 is 4.74 Å². The van der Waals surface area contributed by atoms with Crippen molar-refractivity contribution in [2.24, 2.45) is 0 Å². The predicted molar refractivity (Wildman–Crippen MR) is 142 cm³/mol. The van der Waals surface area contributed by atoms with Crippen LogP contribution in [0.15, 0.2) is 42.5 Å². The lowest BCUT2D eigenvalue weighted by Gasteiger charge is -2.47. The molecule has 0 amide bonds. The van der Waals surface area contributed by atoms with Crippen molar-refractivity contribution in [1.29, 1.82) is 0 Å². The van der Waals surface area contributed by atoms with Crippen molar-refractivity contribution in [1.82, 2.24) is 0 Å². The standard InChI is InChI=1S/C29H32O11/c1-3-29(38)20(13-30)40-28(25(34)26(29)35)39-19-12-16(27(36)37)11-17-22(19)24(33)21(14(2)23(17)32)18(31)10-9-15-7-5-4-6-8-15/h4-8,11-12,20,25-26,28,30,32-35,38H,3,9-10,13H2,1-2H3,(H,36,37)/t20-,25-,26-,28-,29+/m1/s1. The highest BCUT2D eigenvalue weighted by Gasteiger charge is 2.54. The Bertz CT molecular complexity index is 1420. The Morgan fingerprint density at radius 2 is 1.75 bits per heavy atom. The lowest BCUT2D eigenvalue weighted by Crippen LogP contribution is -2.67. The van der Waals surface area contributed by atoms with Crippen LogP contribution in [0.3, 0.4) is 0 Å². The Kier molecular flexibility index (Phi) is 8.33. The highest BCUT2D eigenvalue weighted by molar-refractivity contribution is 6.11.